The Hall–Kier alpha value is -0.0800. The summed E-state index contributed by atoms with van der Waals surface area (Å²) in [6.07, 6.45) is 2.88. The van der Waals surface area contributed by atoms with Crippen LogP contribution in [0.4, 0.5) is 0 Å². The molecule has 0 N–H and O–H groups in total. The van der Waals surface area contributed by atoms with E-state index in [2.05, 4.69) is 23.6 Å². The fraction of sp³-hybridized carbons (Fsp3) is 1.00. The zero-order chi connectivity index (χ0) is 8.55. The summed E-state index contributed by atoms with van der Waals surface area (Å²) < 4.78 is 0. The van der Waals surface area contributed by atoms with Crippen molar-refractivity contribution in [2.24, 2.45) is 0 Å². The molecule has 2 atom stereocenters. The molecule has 2 fully saturated rings. The summed E-state index contributed by atoms with van der Waals surface area (Å²) in [5.74, 6) is 0. The second-order valence-corrected chi connectivity index (χ2v) is 4.07. The lowest BCUT2D eigenvalue weighted by molar-refractivity contribution is 0.0750. The van der Waals surface area contributed by atoms with Crippen LogP contribution in [0.3, 0.4) is 0 Å². The highest BCUT2D eigenvalue weighted by Crippen LogP contribution is 2.29. The van der Waals surface area contributed by atoms with Gasteiger partial charge in [-0.05, 0) is 25.9 Å². The third-order valence-electron chi connectivity index (χ3n) is 3.52. The smallest absolute Gasteiger partial charge is 0.0227 e. The van der Waals surface area contributed by atoms with E-state index in [1.807, 2.05) is 0 Å². The molecular weight excluding hydrogens is 148 g/mol. The molecule has 2 rings (SSSR count). The van der Waals surface area contributed by atoms with Crippen LogP contribution in [-0.4, -0.2) is 48.1 Å². The van der Waals surface area contributed by atoms with E-state index < -0.39 is 0 Å². The Bertz CT molecular complexity index is 144. The van der Waals surface area contributed by atoms with E-state index in [1.165, 1.54) is 39.0 Å². The van der Waals surface area contributed by atoms with Crippen LogP contribution in [-0.2, 0) is 0 Å². The van der Waals surface area contributed by atoms with Crippen LogP contribution in [0.2, 0.25) is 0 Å². The molecule has 2 saturated heterocycles. The van der Waals surface area contributed by atoms with E-state index in [9.17, 15) is 0 Å². The molecule has 0 saturated carbocycles. The number of likely N-dealkylation sites (N-methyl/N-ethyl adjacent to an activating group) is 2. The molecule has 12 heavy (non-hydrogen) atoms. The van der Waals surface area contributed by atoms with Gasteiger partial charge < -0.3 is 4.90 Å². The Morgan fingerprint density at radius 1 is 1.00 bits per heavy atom. The van der Waals surface area contributed by atoms with Crippen molar-refractivity contribution in [2.45, 2.75) is 38.8 Å². The molecular formula is C10H20N2. The predicted molar refractivity (Wildman–Crippen MR) is 51.3 cm³/mol. The van der Waals surface area contributed by atoms with Gasteiger partial charge in [0, 0.05) is 25.2 Å². The zero-order valence-electron chi connectivity index (χ0n) is 8.29. The molecule has 0 aromatic carbocycles. The molecule has 0 amide bonds. The van der Waals surface area contributed by atoms with Crippen LogP contribution < -0.4 is 0 Å². The number of fused-ring (bicyclic) bond motifs is 2. The third-order valence-corrected chi connectivity index (χ3v) is 3.52. The lowest BCUT2D eigenvalue weighted by atomic mass is 10.2. The Kier molecular flexibility index (Phi) is 2.37. The van der Waals surface area contributed by atoms with Crippen molar-refractivity contribution >= 4 is 0 Å². The number of piperazine rings is 1. The van der Waals surface area contributed by atoms with E-state index in [0.717, 1.165) is 12.1 Å². The first-order chi connectivity index (χ1) is 5.85. The second-order valence-electron chi connectivity index (χ2n) is 4.07. The predicted octanol–water partition coefficient (Wildman–Crippen LogP) is 1.17. The summed E-state index contributed by atoms with van der Waals surface area (Å²) >= 11 is 0. The molecule has 0 aromatic heterocycles. The van der Waals surface area contributed by atoms with Gasteiger partial charge in [0.15, 0.2) is 0 Å². The quantitative estimate of drug-likeness (QED) is 0.611. The van der Waals surface area contributed by atoms with Gasteiger partial charge in [0.1, 0.15) is 0 Å². The van der Waals surface area contributed by atoms with Gasteiger partial charge in [-0.1, -0.05) is 13.8 Å². The molecule has 70 valence electrons. The highest BCUT2D eigenvalue weighted by Gasteiger charge is 2.37. The van der Waals surface area contributed by atoms with Gasteiger partial charge in [-0.2, -0.15) is 0 Å². The molecule has 2 aliphatic heterocycles. The van der Waals surface area contributed by atoms with Crippen LogP contribution in [0.15, 0.2) is 0 Å². The maximum atomic E-state index is 2.70. The summed E-state index contributed by atoms with van der Waals surface area (Å²) in [4.78, 5) is 5.31. The first-order valence-corrected chi connectivity index (χ1v) is 5.33. The van der Waals surface area contributed by atoms with Crippen molar-refractivity contribution in [3.8, 4) is 0 Å². The number of nitrogens with zero attached hydrogens (tertiary/aromatic N) is 2. The van der Waals surface area contributed by atoms with Crippen LogP contribution >= 0.6 is 0 Å². The number of likely N-dealkylation sites (tertiary alicyclic amines) is 1. The van der Waals surface area contributed by atoms with Gasteiger partial charge in [0.2, 0.25) is 0 Å². The van der Waals surface area contributed by atoms with Crippen LogP contribution in [0.25, 0.3) is 0 Å². The van der Waals surface area contributed by atoms with E-state index >= 15 is 0 Å². The average Bonchev–Trinajstić information content (AvgIpc) is 2.35. The Morgan fingerprint density at radius 3 is 2.00 bits per heavy atom. The minimum atomic E-state index is 0.883. The largest absolute Gasteiger partial charge is 0.301 e. The van der Waals surface area contributed by atoms with Crippen molar-refractivity contribution in [1.82, 2.24) is 9.80 Å². The molecule has 2 heteroatoms. The van der Waals surface area contributed by atoms with E-state index in [4.69, 9.17) is 0 Å². The summed E-state index contributed by atoms with van der Waals surface area (Å²) in [5.41, 5.74) is 0. The van der Waals surface area contributed by atoms with E-state index in [-0.39, 0.29) is 0 Å². The lowest BCUT2D eigenvalue weighted by Crippen LogP contribution is -2.53. The number of hydrogen-bond acceptors (Lipinski definition) is 2. The second kappa shape index (κ2) is 3.35. The van der Waals surface area contributed by atoms with Crippen molar-refractivity contribution in [3.63, 3.8) is 0 Å². The number of rotatable bonds is 2. The highest BCUT2D eigenvalue weighted by atomic mass is 15.3. The minimum absolute atomic E-state index is 0.883. The topological polar surface area (TPSA) is 6.48 Å². The monoisotopic (exact) mass is 168 g/mol. The molecule has 2 unspecified atom stereocenters. The Morgan fingerprint density at radius 2 is 1.58 bits per heavy atom. The number of hydrogen-bond donors (Lipinski definition) is 0. The summed E-state index contributed by atoms with van der Waals surface area (Å²) in [6, 6.07) is 1.77. The maximum absolute atomic E-state index is 2.70. The van der Waals surface area contributed by atoms with Gasteiger partial charge in [0.25, 0.3) is 0 Å². The highest BCUT2D eigenvalue weighted by molar-refractivity contribution is 4.94. The first kappa shape index (κ1) is 8.52. The van der Waals surface area contributed by atoms with E-state index in [1.54, 1.807) is 0 Å². The van der Waals surface area contributed by atoms with Crippen molar-refractivity contribution in [1.29, 1.82) is 0 Å². The van der Waals surface area contributed by atoms with Crippen molar-refractivity contribution in [3.05, 3.63) is 0 Å². The molecule has 2 aliphatic rings. The maximum Gasteiger partial charge on any atom is 0.0227 e. The summed E-state index contributed by atoms with van der Waals surface area (Å²) in [5, 5.41) is 0. The average molecular weight is 168 g/mol. The van der Waals surface area contributed by atoms with Crippen LogP contribution in [0.1, 0.15) is 26.7 Å². The molecule has 0 spiro atoms. The van der Waals surface area contributed by atoms with Gasteiger partial charge in [-0.25, -0.2) is 0 Å². The SMILES string of the molecule is CCN1CC2CCC(C1)N2CC. The van der Waals surface area contributed by atoms with Crippen LogP contribution in [0.5, 0.6) is 0 Å². The summed E-state index contributed by atoms with van der Waals surface area (Å²) in [6.45, 7) is 9.72. The fourth-order valence-electron chi connectivity index (χ4n) is 2.85. The molecule has 2 heterocycles. The summed E-state index contributed by atoms with van der Waals surface area (Å²) in [7, 11) is 0. The standard InChI is InChI=1S/C10H20N2/c1-3-11-7-9-5-6-10(8-11)12(9)4-2/h9-10H,3-8H2,1-2H3. The zero-order valence-corrected chi connectivity index (χ0v) is 8.29. The molecule has 2 nitrogen and oxygen atoms in total. The minimum Gasteiger partial charge on any atom is -0.301 e. The third kappa shape index (κ3) is 1.27. The van der Waals surface area contributed by atoms with E-state index in [0.29, 0.717) is 0 Å². The van der Waals surface area contributed by atoms with Crippen LogP contribution in [0, 0.1) is 0 Å². The first-order valence-electron chi connectivity index (χ1n) is 5.33. The lowest BCUT2D eigenvalue weighted by Gasteiger charge is -2.40. The molecule has 0 aromatic rings. The van der Waals surface area contributed by atoms with Gasteiger partial charge >= 0.3 is 0 Å². The van der Waals surface area contributed by atoms with Crippen molar-refractivity contribution in [2.75, 3.05) is 26.2 Å². The Balaban J connectivity index is 2.01. The molecule has 0 aliphatic carbocycles. The van der Waals surface area contributed by atoms with Gasteiger partial charge in [0.05, 0.1) is 0 Å². The Labute approximate surface area is 75.5 Å². The van der Waals surface area contributed by atoms with Gasteiger partial charge in [-0.3, -0.25) is 4.90 Å². The fourth-order valence-corrected chi connectivity index (χ4v) is 2.85. The molecule has 2 bridgehead atoms. The molecule has 0 radical (unpaired) electrons. The normalized spacial score (nSPS) is 37.5. The van der Waals surface area contributed by atoms with Crippen molar-refractivity contribution < 1.29 is 0 Å². The van der Waals surface area contributed by atoms with Gasteiger partial charge in [-0.15, -0.1) is 0 Å².